The number of carbonyl (C=O) groups excluding carboxylic acids is 1. The summed E-state index contributed by atoms with van der Waals surface area (Å²) in [7, 11) is 0. The summed E-state index contributed by atoms with van der Waals surface area (Å²) in [6, 6.07) is 10.2. The van der Waals surface area contributed by atoms with Crippen LogP contribution in [0.4, 0.5) is 0 Å². The minimum Gasteiger partial charge on any atom is -0.349 e. The Kier molecular flexibility index (Phi) is 4.88. The van der Waals surface area contributed by atoms with E-state index in [1.165, 1.54) is 32.1 Å². The van der Waals surface area contributed by atoms with Crippen LogP contribution >= 0.6 is 0 Å². The number of carbonyl (C=O) groups is 1. The number of nitrogens with zero attached hydrogens (tertiary/aromatic N) is 2. The number of rotatable bonds is 3. The van der Waals surface area contributed by atoms with Crippen LogP contribution in [0, 0.1) is 0 Å². The highest BCUT2D eigenvalue weighted by Crippen LogP contribution is 2.17. The Bertz CT molecular complexity index is 598. The van der Waals surface area contributed by atoms with Crippen LogP contribution in [-0.2, 0) is 0 Å². The van der Waals surface area contributed by atoms with Gasteiger partial charge >= 0.3 is 0 Å². The Labute approximate surface area is 131 Å². The zero-order valence-electron chi connectivity index (χ0n) is 12.9. The molecule has 4 nitrogen and oxygen atoms in total. The fourth-order valence-corrected chi connectivity index (χ4v) is 3.03. The molecule has 1 aromatic heterocycles. The van der Waals surface area contributed by atoms with Gasteiger partial charge in [-0.25, -0.2) is 4.68 Å². The maximum atomic E-state index is 12.4. The zero-order chi connectivity index (χ0) is 15.2. The van der Waals surface area contributed by atoms with Crippen molar-refractivity contribution in [2.24, 2.45) is 0 Å². The molecule has 1 fully saturated rings. The number of nitrogens with one attached hydrogen (secondary N) is 1. The summed E-state index contributed by atoms with van der Waals surface area (Å²) < 4.78 is 1.74. The third kappa shape index (κ3) is 3.75. The Morgan fingerprint density at radius 3 is 2.45 bits per heavy atom. The standard InChI is InChI=1S/C18H23N3O/c22-18(20-16-9-5-2-1-3-6-10-16)15-13-19-21(14-15)17-11-7-4-8-12-17/h4,7-8,11-14,16H,1-3,5-6,9-10H2,(H,20,22). The van der Waals surface area contributed by atoms with E-state index in [-0.39, 0.29) is 5.91 Å². The highest BCUT2D eigenvalue weighted by Gasteiger charge is 2.16. The van der Waals surface area contributed by atoms with Crippen molar-refractivity contribution < 1.29 is 4.79 Å². The predicted octanol–water partition coefficient (Wildman–Crippen LogP) is 3.72. The van der Waals surface area contributed by atoms with E-state index in [2.05, 4.69) is 10.4 Å². The third-order valence-corrected chi connectivity index (χ3v) is 4.31. The van der Waals surface area contributed by atoms with Crippen LogP contribution in [0.1, 0.15) is 55.3 Å². The normalized spacial score (nSPS) is 16.7. The fraction of sp³-hybridized carbons (Fsp3) is 0.444. The molecular weight excluding hydrogens is 274 g/mol. The fourth-order valence-electron chi connectivity index (χ4n) is 3.03. The molecule has 1 aliphatic carbocycles. The van der Waals surface area contributed by atoms with E-state index in [1.807, 2.05) is 30.3 Å². The highest BCUT2D eigenvalue weighted by molar-refractivity contribution is 5.94. The van der Waals surface area contributed by atoms with E-state index in [0.29, 0.717) is 11.6 Å². The van der Waals surface area contributed by atoms with E-state index < -0.39 is 0 Å². The van der Waals surface area contributed by atoms with Gasteiger partial charge in [-0.05, 0) is 25.0 Å². The molecule has 116 valence electrons. The van der Waals surface area contributed by atoms with Gasteiger partial charge < -0.3 is 5.32 Å². The first-order chi connectivity index (χ1) is 10.8. The quantitative estimate of drug-likeness (QED) is 0.938. The summed E-state index contributed by atoms with van der Waals surface area (Å²) in [5, 5.41) is 7.47. The molecule has 22 heavy (non-hydrogen) atoms. The molecule has 0 atom stereocenters. The number of para-hydroxylation sites is 1. The van der Waals surface area contributed by atoms with Crippen molar-refractivity contribution in [3.05, 3.63) is 48.3 Å². The van der Waals surface area contributed by atoms with Gasteiger partial charge in [0.05, 0.1) is 17.4 Å². The van der Waals surface area contributed by atoms with Crippen molar-refractivity contribution in [3.63, 3.8) is 0 Å². The van der Waals surface area contributed by atoms with Gasteiger partial charge in [-0.3, -0.25) is 4.79 Å². The van der Waals surface area contributed by atoms with Gasteiger partial charge in [0.1, 0.15) is 0 Å². The molecule has 3 rings (SSSR count). The Morgan fingerprint density at radius 2 is 1.73 bits per heavy atom. The summed E-state index contributed by atoms with van der Waals surface area (Å²) >= 11 is 0. The first kappa shape index (κ1) is 14.8. The number of aromatic nitrogens is 2. The van der Waals surface area contributed by atoms with Gasteiger partial charge in [-0.1, -0.05) is 50.3 Å². The van der Waals surface area contributed by atoms with Gasteiger partial charge in [0, 0.05) is 12.2 Å². The second kappa shape index (κ2) is 7.25. The molecule has 0 aliphatic heterocycles. The lowest BCUT2D eigenvalue weighted by Crippen LogP contribution is -2.35. The summed E-state index contributed by atoms with van der Waals surface area (Å²) in [6.45, 7) is 0. The Balaban J connectivity index is 1.64. The second-order valence-corrected chi connectivity index (χ2v) is 6.02. The average molecular weight is 297 g/mol. The Hall–Kier alpha value is -2.10. The zero-order valence-corrected chi connectivity index (χ0v) is 12.9. The molecular formula is C18H23N3O. The van der Waals surface area contributed by atoms with Crippen LogP contribution in [0.5, 0.6) is 0 Å². The molecule has 1 saturated carbocycles. The molecule has 0 spiro atoms. The van der Waals surface area contributed by atoms with Crippen LogP contribution in [0.25, 0.3) is 5.69 Å². The van der Waals surface area contributed by atoms with E-state index in [4.69, 9.17) is 0 Å². The minimum absolute atomic E-state index is 0.00671. The number of hydrogen-bond donors (Lipinski definition) is 1. The van der Waals surface area contributed by atoms with Gasteiger partial charge in [-0.2, -0.15) is 5.10 Å². The molecule has 1 aliphatic rings. The largest absolute Gasteiger partial charge is 0.349 e. The first-order valence-electron chi connectivity index (χ1n) is 8.24. The van der Waals surface area contributed by atoms with Crippen molar-refractivity contribution in [1.82, 2.24) is 15.1 Å². The lowest BCUT2D eigenvalue weighted by molar-refractivity contribution is 0.0930. The first-order valence-corrected chi connectivity index (χ1v) is 8.24. The van der Waals surface area contributed by atoms with Crippen LogP contribution < -0.4 is 5.32 Å². The van der Waals surface area contributed by atoms with Gasteiger partial charge in [-0.15, -0.1) is 0 Å². The van der Waals surface area contributed by atoms with Gasteiger partial charge in [0.15, 0.2) is 0 Å². The SMILES string of the molecule is O=C(NC1CCCCCCC1)c1cnn(-c2ccccc2)c1. The van der Waals surface area contributed by atoms with Crippen molar-refractivity contribution >= 4 is 5.91 Å². The van der Waals surface area contributed by atoms with Crippen LogP contribution in [0.2, 0.25) is 0 Å². The van der Waals surface area contributed by atoms with E-state index in [1.54, 1.807) is 17.1 Å². The molecule has 0 saturated heterocycles. The van der Waals surface area contributed by atoms with Crippen molar-refractivity contribution in [1.29, 1.82) is 0 Å². The van der Waals surface area contributed by atoms with E-state index in [9.17, 15) is 4.79 Å². The van der Waals surface area contributed by atoms with Crippen LogP contribution in [0.3, 0.4) is 0 Å². The molecule has 1 aromatic carbocycles. The molecule has 0 unspecified atom stereocenters. The van der Waals surface area contributed by atoms with E-state index >= 15 is 0 Å². The van der Waals surface area contributed by atoms with Crippen LogP contribution in [0.15, 0.2) is 42.7 Å². The maximum absolute atomic E-state index is 12.4. The van der Waals surface area contributed by atoms with E-state index in [0.717, 1.165) is 18.5 Å². The highest BCUT2D eigenvalue weighted by atomic mass is 16.1. The molecule has 1 heterocycles. The summed E-state index contributed by atoms with van der Waals surface area (Å²) in [5.74, 6) is -0.00671. The number of hydrogen-bond acceptors (Lipinski definition) is 2. The summed E-state index contributed by atoms with van der Waals surface area (Å²) in [6.07, 6.45) is 12.0. The lowest BCUT2D eigenvalue weighted by Gasteiger charge is -2.20. The smallest absolute Gasteiger partial charge is 0.254 e. The molecule has 4 heteroatoms. The molecule has 2 aromatic rings. The van der Waals surface area contributed by atoms with Crippen LogP contribution in [-0.4, -0.2) is 21.7 Å². The van der Waals surface area contributed by atoms with Crippen molar-refractivity contribution in [2.45, 2.75) is 51.0 Å². The van der Waals surface area contributed by atoms with Gasteiger partial charge in [0.25, 0.3) is 5.91 Å². The maximum Gasteiger partial charge on any atom is 0.254 e. The number of amides is 1. The molecule has 1 amide bonds. The van der Waals surface area contributed by atoms with Crippen molar-refractivity contribution in [2.75, 3.05) is 0 Å². The predicted molar refractivity (Wildman–Crippen MR) is 87.1 cm³/mol. The molecule has 0 bridgehead atoms. The monoisotopic (exact) mass is 297 g/mol. The van der Waals surface area contributed by atoms with Gasteiger partial charge in [0.2, 0.25) is 0 Å². The lowest BCUT2D eigenvalue weighted by atomic mass is 9.96. The average Bonchev–Trinajstić information content (AvgIpc) is 3.01. The second-order valence-electron chi connectivity index (χ2n) is 6.02. The topological polar surface area (TPSA) is 46.9 Å². The molecule has 1 N–H and O–H groups in total. The number of benzene rings is 1. The Morgan fingerprint density at radius 1 is 1.05 bits per heavy atom. The summed E-state index contributed by atoms with van der Waals surface area (Å²) in [5.41, 5.74) is 1.60. The third-order valence-electron chi connectivity index (χ3n) is 4.31. The summed E-state index contributed by atoms with van der Waals surface area (Å²) in [4.78, 5) is 12.4. The molecule has 0 radical (unpaired) electrons. The minimum atomic E-state index is -0.00671. The van der Waals surface area contributed by atoms with Crippen molar-refractivity contribution in [3.8, 4) is 5.69 Å².